The van der Waals surface area contributed by atoms with Crippen molar-refractivity contribution in [2.75, 3.05) is 26.9 Å². The molecule has 3 rings (SSSR count). The number of carbonyl (C=O) groups is 1. The molecule has 0 fully saturated rings. The molecule has 5 heteroatoms. The maximum atomic E-state index is 12.0. The van der Waals surface area contributed by atoms with E-state index in [0.29, 0.717) is 31.3 Å². The van der Waals surface area contributed by atoms with E-state index in [4.69, 9.17) is 14.2 Å². The highest BCUT2D eigenvalue weighted by Crippen LogP contribution is 2.28. The second-order valence-corrected chi connectivity index (χ2v) is 6.60. The number of aryl methyl sites for hydroxylation is 2. The molecule has 0 aromatic heterocycles. The van der Waals surface area contributed by atoms with Crippen LogP contribution in [0.1, 0.15) is 30.0 Å². The number of benzene rings is 2. The van der Waals surface area contributed by atoms with E-state index in [1.807, 2.05) is 31.2 Å². The fraction of sp³-hybridized carbons (Fsp3) is 0.348. The topological polar surface area (TPSA) is 56.8 Å². The molecule has 0 atom stereocenters. The van der Waals surface area contributed by atoms with Crippen molar-refractivity contribution < 1.29 is 19.0 Å². The molecule has 0 saturated carbocycles. The lowest BCUT2D eigenvalue weighted by Crippen LogP contribution is -2.26. The van der Waals surface area contributed by atoms with Gasteiger partial charge in [0.2, 0.25) is 5.91 Å². The van der Waals surface area contributed by atoms with Crippen LogP contribution in [0, 0.1) is 0 Å². The molecule has 0 spiro atoms. The molecule has 0 bridgehead atoms. The van der Waals surface area contributed by atoms with Crippen LogP contribution in [-0.2, 0) is 17.6 Å². The Morgan fingerprint density at radius 1 is 1.07 bits per heavy atom. The normalized spacial score (nSPS) is 12.6. The van der Waals surface area contributed by atoms with Crippen molar-refractivity contribution in [1.29, 1.82) is 0 Å². The van der Waals surface area contributed by atoms with Crippen LogP contribution in [0.15, 0.2) is 42.5 Å². The first kappa shape index (κ1) is 19.8. The van der Waals surface area contributed by atoms with E-state index in [1.165, 1.54) is 23.6 Å². The molecule has 0 aliphatic heterocycles. The fourth-order valence-corrected chi connectivity index (χ4v) is 3.28. The van der Waals surface area contributed by atoms with Crippen LogP contribution in [0.25, 0.3) is 6.08 Å². The summed E-state index contributed by atoms with van der Waals surface area (Å²) in [6.45, 7) is 3.36. The first-order valence-electron chi connectivity index (χ1n) is 9.71. The fourth-order valence-electron chi connectivity index (χ4n) is 3.28. The third kappa shape index (κ3) is 5.28. The highest BCUT2D eigenvalue weighted by atomic mass is 16.5. The molecule has 2 aromatic rings. The van der Waals surface area contributed by atoms with Crippen LogP contribution >= 0.6 is 0 Å². The summed E-state index contributed by atoms with van der Waals surface area (Å²) in [5.74, 6) is 2.04. The number of fused-ring (bicyclic) bond motifs is 1. The summed E-state index contributed by atoms with van der Waals surface area (Å²) in [6, 6.07) is 11.8. The van der Waals surface area contributed by atoms with E-state index in [2.05, 4.69) is 17.4 Å². The summed E-state index contributed by atoms with van der Waals surface area (Å²) in [4.78, 5) is 12.0. The smallest absolute Gasteiger partial charge is 0.244 e. The molecule has 1 aliphatic carbocycles. The Balaban J connectivity index is 1.44. The number of carbonyl (C=O) groups excluding carboxylic acids is 1. The highest BCUT2D eigenvalue weighted by molar-refractivity contribution is 5.91. The van der Waals surface area contributed by atoms with Crippen LogP contribution in [0.4, 0.5) is 0 Å². The van der Waals surface area contributed by atoms with Gasteiger partial charge in [0.05, 0.1) is 20.3 Å². The average Bonchev–Trinajstić information content (AvgIpc) is 3.18. The summed E-state index contributed by atoms with van der Waals surface area (Å²) in [7, 11) is 1.60. The molecule has 0 heterocycles. The number of ether oxygens (including phenoxy) is 3. The molecule has 148 valence electrons. The van der Waals surface area contributed by atoms with Crippen molar-refractivity contribution >= 4 is 12.0 Å². The Kier molecular flexibility index (Phi) is 6.95. The number of methoxy groups -OCH3 is 1. The van der Waals surface area contributed by atoms with E-state index >= 15 is 0 Å². The minimum atomic E-state index is -0.161. The molecule has 1 aliphatic rings. The number of rotatable bonds is 9. The van der Waals surface area contributed by atoms with Crippen LogP contribution in [0.5, 0.6) is 17.2 Å². The first-order valence-corrected chi connectivity index (χ1v) is 9.71. The Morgan fingerprint density at radius 3 is 2.75 bits per heavy atom. The van der Waals surface area contributed by atoms with Gasteiger partial charge in [-0.3, -0.25) is 4.79 Å². The Labute approximate surface area is 166 Å². The van der Waals surface area contributed by atoms with Crippen molar-refractivity contribution in [3.05, 3.63) is 59.2 Å². The first-order chi connectivity index (χ1) is 13.7. The van der Waals surface area contributed by atoms with Gasteiger partial charge in [-0.15, -0.1) is 0 Å². The molecule has 28 heavy (non-hydrogen) atoms. The van der Waals surface area contributed by atoms with E-state index in [9.17, 15) is 4.79 Å². The van der Waals surface area contributed by atoms with Crippen molar-refractivity contribution in [1.82, 2.24) is 5.32 Å². The van der Waals surface area contributed by atoms with Gasteiger partial charge < -0.3 is 19.5 Å². The lowest BCUT2D eigenvalue weighted by molar-refractivity contribution is -0.116. The van der Waals surface area contributed by atoms with E-state index in [1.54, 1.807) is 13.2 Å². The third-order valence-corrected chi connectivity index (χ3v) is 4.65. The van der Waals surface area contributed by atoms with E-state index in [-0.39, 0.29) is 5.91 Å². The van der Waals surface area contributed by atoms with Gasteiger partial charge in [-0.25, -0.2) is 0 Å². The Hall–Kier alpha value is -2.95. The molecular weight excluding hydrogens is 354 g/mol. The minimum Gasteiger partial charge on any atom is -0.493 e. The van der Waals surface area contributed by atoms with Crippen LogP contribution in [0.2, 0.25) is 0 Å². The molecule has 0 radical (unpaired) electrons. The van der Waals surface area contributed by atoms with Gasteiger partial charge in [-0.1, -0.05) is 12.1 Å². The maximum absolute atomic E-state index is 12.0. The largest absolute Gasteiger partial charge is 0.493 e. The summed E-state index contributed by atoms with van der Waals surface area (Å²) in [5.41, 5.74) is 3.68. The number of amides is 1. The molecular formula is C23H27NO4. The molecule has 1 amide bonds. The second-order valence-electron chi connectivity index (χ2n) is 6.60. The Morgan fingerprint density at radius 2 is 1.93 bits per heavy atom. The predicted octanol–water partition coefficient (Wildman–Crippen LogP) is 3.79. The van der Waals surface area contributed by atoms with Crippen LogP contribution < -0.4 is 19.5 Å². The maximum Gasteiger partial charge on any atom is 0.244 e. The van der Waals surface area contributed by atoms with Gasteiger partial charge in [0.1, 0.15) is 12.4 Å². The second kappa shape index (κ2) is 9.83. The molecule has 0 unspecified atom stereocenters. The number of hydrogen-bond acceptors (Lipinski definition) is 4. The van der Waals surface area contributed by atoms with Crippen LogP contribution in [0.3, 0.4) is 0 Å². The molecule has 1 N–H and O–H groups in total. The van der Waals surface area contributed by atoms with Gasteiger partial charge in [-0.05, 0) is 73.2 Å². The average molecular weight is 381 g/mol. The highest BCUT2D eigenvalue weighted by Gasteiger charge is 2.11. The SMILES string of the molecule is CCOc1cc(C=CC(=O)NCCOc2ccc3c(c2)CCC3)ccc1OC. The van der Waals surface area contributed by atoms with Crippen molar-refractivity contribution in [3.8, 4) is 17.2 Å². The van der Waals surface area contributed by atoms with Crippen molar-refractivity contribution in [2.45, 2.75) is 26.2 Å². The molecule has 5 nitrogen and oxygen atoms in total. The quantitative estimate of drug-likeness (QED) is 0.530. The number of hydrogen-bond donors (Lipinski definition) is 1. The standard InChI is InChI=1S/C23H27NO4/c1-3-27-22-15-17(7-11-21(22)26-2)8-12-23(25)24-13-14-28-20-10-9-18-5-4-6-19(18)16-20/h7-12,15-16H,3-6,13-14H2,1-2H3,(H,24,25). The Bertz CT molecular complexity index is 844. The molecule has 2 aromatic carbocycles. The summed E-state index contributed by atoms with van der Waals surface area (Å²) in [5, 5.41) is 2.83. The van der Waals surface area contributed by atoms with Gasteiger partial charge in [-0.2, -0.15) is 0 Å². The zero-order valence-corrected chi connectivity index (χ0v) is 16.5. The van der Waals surface area contributed by atoms with Gasteiger partial charge in [0.15, 0.2) is 11.5 Å². The van der Waals surface area contributed by atoms with Crippen molar-refractivity contribution in [3.63, 3.8) is 0 Å². The number of nitrogens with one attached hydrogen (secondary N) is 1. The predicted molar refractivity (Wildman–Crippen MR) is 110 cm³/mol. The van der Waals surface area contributed by atoms with Crippen molar-refractivity contribution in [2.24, 2.45) is 0 Å². The zero-order valence-electron chi connectivity index (χ0n) is 16.5. The van der Waals surface area contributed by atoms with Crippen LogP contribution in [-0.4, -0.2) is 32.8 Å². The summed E-state index contributed by atoms with van der Waals surface area (Å²) < 4.78 is 16.6. The lowest BCUT2D eigenvalue weighted by atomic mass is 10.1. The minimum absolute atomic E-state index is 0.161. The summed E-state index contributed by atoms with van der Waals surface area (Å²) >= 11 is 0. The van der Waals surface area contributed by atoms with Gasteiger partial charge in [0.25, 0.3) is 0 Å². The summed E-state index contributed by atoms with van der Waals surface area (Å²) in [6.07, 6.45) is 6.77. The zero-order chi connectivity index (χ0) is 19.8. The van der Waals surface area contributed by atoms with Gasteiger partial charge >= 0.3 is 0 Å². The molecule has 0 saturated heterocycles. The van der Waals surface area contributed by atoms with Gasteiger partial charge in [0, 0.05) is 6.08 Å². The van der Waals surface area contributed by atoms with E-state index in [0.717, 1.165) is 24.2 Å². The third-order valence-electron chi connectivity index (χ3n) is 4.65. The lowest BCUT2D eigenvalue weighted by Gasteiger charge is -2.09. The van der Waals surface area contributed by atoms with E-state index < -0.39 is 0 Å². The monoisotopic (exact) mass is 381 g/mol.